The standard InChI is InChI=1S/C13H20N4/c1(2-4-6-12-8-14-10-16-12)3-5-7-13-9-15-11-17-13/h8-11H,1-7H2,(H,14,16)(H,15,17). The molecule has 0 aliphatic rings. The average Bonchev–Trinajstić information content (AvgIpc) is 3.00. The highest BCUT2D eigenvalue weighted by atomic mass is 14.9. The summed E-state index contributed by atoms with van der Waals surface area (Å²) >= 11 is 0. The van der Waals surface area contributed by atoms with Gasteiger partial charge in [0.1, 0.15) is 0 Å². The summed E-state index contributed by atoms with van der Waals surface area (Å²) in [7, 11) is 0. The Kier molecular flexibility index (Phi) is 4.82. The SMILES string of the molecule is c1ncc(CCCCCCCc2cnc[nH]2)[nH]1. The molecule has 0 bridgehead atoms. The monoisotopic (exact) mass is 232 g/mol. The molecule has 0 fully saturated rings. The number of aromatic amines is 2. The minimum Gasteiger partial charge on any atom is -0.348 e. The molecule has 0 aromatic carbocycles. The maximum atomic E-state index is 4.01. The van der Waals surface area contributed by atoms with Crippen molar-refractivity contribution >= 4 is 0 Å². The number of aromatic nitrogens is 4. The van der Waals surface area contributed by atoms with E-state index >= 15 is 0 Å². The molecular formula is C13H20N4. The van der Waals surface area contributed by atoms with E-state index in [1.54, 1.807) is 12.7 Å². The van der Waals surface area contributed by atoms with Crippen LogP contribution in [0.2, 0.25) is 0 Å². The fourth-order valence-corrected chi connectivity index (χ4v) is 2.00. The second-order valence-corrected chi connectivity index (χ2v) is 4.42. The van der Waals surface area contributed by atoms with Gasteiger partial charge in [-0.05, 0) is 25.7 Å². The van der Waals surface area contributed by atoms with Gasteiger partial charge in [-0.25, -0.2) is 9.97 Å². The summed E-state index contributed by atoms with van der Waals surface area (Å²) in [5.41, 5.74) is 2.50. The largest absolute Gasteiger partial charge is 0.348 e. The maximum absolute atomic E-state index is 4.01. The van der Waals surface area contributed by atoms with Gasteiger partial charge in [-0.3, -0.25) is 0 Å². The Labute approximate surface area is 102 Å². The van der Waals surface area contributed by atoms with E-state index in [1.807, 2.05) is 12.4 Å². The first-order chi connectivity index (χ1) is 8.45. The molecule has 0 atom stereocenters. The zero-order valence-corrected chi connectivity index (χ0v) is 10.2. The Morgan fingerprint density at radius 2 is 1.18 bits per heavy atom. The van der Waals surface area contributed by atoms with Crippen molar-refractivity contribution in [2.24, 2.45) is 0 Å². The summed E-state index contributed by atoms with van der Waals surface area (Å²) < 4.78 is 0. The normalized spacial score (nSPS) is 10.8. The van der Waals surface area contributed by atoms with E-state index in [0.717, 1.165) is 12.8 Å². The van der Waals surface area contributed by atoms with E-state index in [-0.39, 0.29) is 0 Å². The zero-order valence-electron chi connectivity index (χ0n) is 10.2. The average molecular weight is 232 g/mol. The molecule has 4 heteroatoms. The quantitative estimate of drug-likeness (QED) is 0.687. The molecule has 2 aromatic heterocycles. The summed E-state index contributed by atoms with van der Waals surface area (Å²) in [6.45, 7) is 0. The number of unbranched alkanes of at least 4 members (excludes halogenated alkanes) is 4. The molecule has 0 radical (unpaired) electrons. The van der Waals surface area contributed by atoms with Gasteiger partial charge < -0.3 is 9.97 Å². The molecule has 0 unspecified atom stereocenters. The van der Waals surface area contributed by atoms with Gasteiger partial charge in [0.2, 0.25) is 0 Å². The van der Waals surface area contributed by atoms with Crippen molar-refractivity contribution in [3.8, 4) is 0 Å². The summed E-state index contributed by atoms with van der Waals surface area (Å²) in [6, 6.07) is 0. The van der Waals surface area contributed by atoms with E-state index in [2.05, 4.69) is 19.9 Å². The molecular weight excluding hydrogens is 212 g/mol. The van der Waals surface area contributed by atoms with E-state index in [4.69, 9.17) is 0 Å². The van der Waals surface area contributed by atoms with Crippen LogP contribution in [0.1, 0.15) is 43.5 Å². The third-order valence-corrected chi connectivity index (χ3v) is 3.00. The van der Waals surface area contributed by atoms with Crippen molar-refractivity contribution in [3.05, 3.63) is 36.4 Å². The first kappa shape index (κ1) is 11.9. The maximum Gasteiger partial charge on any atom is 0.0921 e. The first-order valence-corrected chi connectivity index (χ1v) is 6.39. The Balaban J connectivity index is 1.44. The second kappa shape index (κ2) is 6.89. The number of hydrogen-bond donors (Lipinski definition) is 2. The van der Waals surface area contributed by atoms with E-state index in [9.17, 15) is 0 Å². The van der Waals surface area contributed by atoms with Gasteiger partial charge in [0.05, 0.1) is 12.7 Å². The first-order valence-electron chi connectivity index (χ1n) is 6.39. The van der Waals surface area contributed by atoms with Crippen LogP contribution in [0, 0.1) is 0 Å². The zero-order chi connectivity index (χ0) is 11.8. The number of rotatable bonds is 8. The van der Waals surface area contributed by atoms with Crippen molar-refractivity contribution in [1.82, 2.24) is 19.9 Å². The summed E-state index contributed by atoms with van der Waals surface area (Å²) in [6.07, 6.45) is 16.0. The molecule has 4 nitrogen and oxygen atoms in total. The van der Waals surface area contributed by atoms with Crippen LogP contribution in [0.15, 0.2) is 25.0 Å². The van der Waals surface area contributed by atoms with Gasteiger partial charge in [-0.2, -0.15) is 0 Å². The van der Waals surface area contributed by atoms with Crippen LogP contribution >= 0.6 is 0 Å². The topological polar surface area (TPSA) is 57.4 Å². The number of hydrogen-bond acceptors (Lipinski definition) is 2. The molecule has 0 spiro atoms. The van der Waals surface area contributed by atoms with Crippen molar-refractivity contribution in [2.45, 2.75) is 44.9 Å². The number of imidazole rings is 2. The molecule has 17 heavy (non-hydrogen) atoms. The number of nitrogens with zero attached hydrogens (tertiary/aromatic N) is 2. The van der Waals surface area contributed by atoms with Crippen molar-refractivity contribution in [2.75, 3.05) is 0 Å². The van der Waals surface area contributed by atoms with Gasteiger partial charge >= 0.3 is 0 Å². The smallest absolute Gasteiger partial charge is 0.0921 e. The molecule has 2 aromatic rings. The molecule has 0 saturated carbocycles. The minimum atomic E-state index is 1.13. The number of nitrogens with one attached hydrogen (secondary N) is 2. The van der Waals surface area contributed by atoms with Crippen LogP contribution < -0.4 is 0 Å². The lowest BCUT2D eigenvalue weighted by atomic mass is 10.1. The lowest BCUT2D eigenvalue weighted by Crippen LogP contribution is -1.88. The third kappa shape index (κ3) is 4.43. The predicted molar refractivity (Wildman–Crippen MR) is 67.7 cm³/mol. The highest BCUT2D eigenvalue weighted by Crippen LogP contribution is 2.08. The highest BCUT2D eigenvalue weighted by Gasteiger charge is 1.96. The molecule has 0 aliphatic carbocycles. The molecule has 92 valence electrons. The molecule has 0 saturated heterocycles. The van der Waals surface area contributed by atoms with Crippen molar-refractivity contribution in [3.63, 3.8) is 0 Å². The van der Waals surface area contributed by atoms with Crippen molar-refractivity contribution < 1.29 is 0 Å². The highest BCUT2D eigenvalue weighted by molar-refractivity contribution is 4.94. The lowest BCUT2D eigenvalue weighted by Gasteiger charge is -2.00. The van der Waals surface area contributed by atoms with Gasteiger partial charge in [-0.1, -0.05) is 19.3 Å². The number of aryl methyl sites for hydroxylation is 2. The van der Waals surface area contributed by atoms with Crippen LogP contribution in [-0.4, -0.2) is 19.9 Å². The second-order valence-electron chi connectivity index (χ2n) is 4.42. The summed E-state index contributed by atoms with van der Waals surface area (Å²) in [5.74, 6) is 0. The Bertz CT molecular complexity index is 339. The van der Waals surface area contributed by atoms with Crippen LogP contribution in [-0.2, 0) is 12.8 Å². The van der Waals surface area contributed by atoms with E-state index in [1.165, 1.54) is 43.5 Å². The predicted octanol–water partition coefficient (Wildman–Crippen LogP) is 2.87. The molecule has 2 heterocycles. The Morgan fingerprint density at radius 1 is 0.706 bits per heavy atom. The lowest BCUT2D eigenvalue weighted by molar-refractivity contribution is 0.608. The van der Waals surface area contributed by atoms with E-state index < -0.39 is 0 Å². The van der Waals surface area contributed by atoms with Gasteiger partial charge in [0.25, 0.3) is 0 Å². The fraction of sp³-hybridized carbons (Fsp3) is 0.538. The minimum absolute atomic E-state index is 1.13. The molecule has 2 N–H and O–H groups in total. The fourth-order valence-electron chi connectivity index (χ4n) is 2.00. The van der Waals surface area contributed by atoms with Crippen LogP contribution in [0.4, 0.5) is 0 Å². The Hall–Kier alpha value is -1.58. The van der Waals surface area contributed by atoms with E-state index in [0.29, 0.717) is 0 Å². The molecule has 0 aliphatic heterocycles. The van der Waals surface area contributed by atoms with Gasteiger partial charge in [0.15, 0.2) is 0 Å². The Morgan fingerprint density at radius 3 is 1.59 bits per heavy atom. The summed E-state index contributed by atoms with van der Waals surface area (Å²) in [5, 5.41) is 0. The van der Waals surface area contributed by atoms with Gasteiger partial charge in [-0.15, -0.1) is 0 Å². The summed E-state index contributed by atoms with van der Waals surface area (Å²) in [4.78, 5) is 14.3. The van der Waals surface area contributed by atoms with Crippen LogP contribution in [0.5, 0.6) is 0 Å². The molecule has 0 amide bonds. The number of H-pyrrole nitrogens is 2. The van der Waals surface area contributed by atoms with Crippen LogP contribution in [0.25, 0.3) is 0 Å². The van der Waals surface area contributed by atoms with Gasteiger partial charge in [0, 0.05) is 23.8 Å². The molecule has 2 rings (SSSR count). The van der Waals surface area contributed by atoms with Crippen LogP contribution in [0.3, 0.4) is 0 Å². The third-order valence-electron chi connectivity index (χ3n) is 3.00. The van der Waals surface area contributed by atoms with Crippen molar-refractivity contribution in [1.29, 1.82) is 0 Å².